The third kappa shape index (κ3) is 11.7. The molecule has 0 aliphatic carbocycles. The monoisotopic (exact) mass is 664 g/mol. The van der Waals surface area contributed by atoms with Crippen LogP contribution in [0.15, 0.2) is 36.0 Å². The van der Waals surface area contributed by atoms with E-state index < -0.39 is 59.6 Å². The van der Waals surface area contributed by atoms with E-state index in [1.165, 1.54) is 6.92 Å². The average molecular weight is 665 g/mol. The van der Waals surface area contributed by atoms with Gasteiger partial charge < -0.3 is 44.5 Å². The second-order valence-corrected chi connectivity index (χ2v) is 13.8. The lowest BCUT2D eigenvalue weighted by molar-refractivity contribution is -0.168. The van der Waals surface area contributed by atoms with Gasteiger partial charge in [-0.1, -0.05) is 45.1 Å². The maximum absolute atomic E-state index is 13.2. The van der Waals surface area contributed by atoms with Gasteiger partial charge in [0.05, 0.1) is 36.4 Å². The van der Waals surface area contributed by atoms with E-state index in [1.807, 2.05) is 27.7 Å². The molecule has 0 aromatic heterocycles. The number of aliphatic hydroxyl groups is 3. The van der Waals surface area contributed by atoms with E-state index in [0.29, 0.717) is 44.6 Å². The zero-order valence-electron chi connectivity index (χ0n) is 29.0. The molecule has 0 radical (unpaired) electrons. The Kier molecular flexibility index (Phi) is 14.0. The minimum Gasteiger partial charge on any atom is -0.457 e. The first-order valence-corrected chi connectivity index (χ1v) is 16.9. The van der Waals surface area contributed by atoms with Crippen molar-refractivity contribution in [2.75, 3.05) is 26.2 Å². The van der Waals surface area contributed by atoms with Crippen molar-refractivity contribution >= 4 is 18.0 Å². The molecule has 0 unspecified atom stereocenters. The molecule has 0 saturated carbocycles. The van der Waals surface area contributed by atoms with Crippen LogP contribution in [0.25, 0.3) is 0 Å². The van der Waals surface area contributed by atoms with Crippen molar-refractivity contribution in [2.45, 2.75) is 128 Å². The summed E-state index contributed by atoms with van der Waals surface area (Å²) in [7, 11) is 0. The summed E-state index contributed by atoms with van der Waals surface area (Å²) >= 11 is 0. The number of esters is 2. The molecule has 0 spiro atoms. The predicted molar refractivity (Wildman–Crippen MR) is 175 cm³/mol. The van der Waals surface area contributed by atoms with Crippen LogP contribution in [0.5, 0.6) is 0 Å². The molecule has 2 fully saturated rings. The number of rotatable bonds is 10. The number of epoxide rings is 1. The van der Waals surface area contributed by atoms with Gasteiger partial charge in [-0.25, -0.2) is 4.79 Å². The normalized spacial score (nSPS) is 34.2. The van der Waals surface area contributed by atoms with Crippen LogP contribution in [0, 0.1) is 11.8 Å². The number of cyclic esters (lactones) is 1. The minimum absolute atomic E-state index is 0.0205. The molecule has 3 aliphatic heterocycles. The third-order valence-electron chi connectivity index (χ3n) is 9.33. The molecule has 4 N–H and O–H groups in total. The predicted octanol–water partition coefficient (Wildman–Crippen LogP) is 3.19. The van der Waals surface area contributed by atoms with E-state index in [4.69, 9.17) is 18.9 Å². The van der Waals surface area contributed by atoms with Crippen molar-refractivity contribution in [3.8, 4) is 0 Å². The number of piperazine rings is 1. The van der Waals surface area contributed by atoms with Gasteiger partial charge in [0.1, 0.15) is 11.7 Å². The van der Waals surface area contributed by atoms with Gasteiger partial charge in [0.15, 0.2) is 6.10 Å². The second-order valence-electron chi connectivity index (χ2n) is 13.8. The van der Waals surface area contributed by atoms with Crippen LogP contribution in [0.1, 0.15) is 80.6 Å². The number of aliphatic hydroxyl groups excluding tert-OH is 2. The summed E-state index contributed by atoms with van der Waals surface area (Å²) in [4.78, 5) is 39.9. The molecule has 3 heterocycles. The van der Waals surface area contributed by atoms with Gasteiger partial charge in [-0.05, 0) is 51.7 Å². The highest BCUT2D eigenvalue weighted by atomic mass is 16.6. The highest BCUT2D eigenvalue weighted by molar-refractivity contribution is 5.71. The molecule has 0 bridgehead atoms. The lowest BCUT2D eigenvalue weighted by Crippen LogP contribution is -2.51. The summed E-state index contributed by atoms with van der Waals surface area (Å²) in [5, 5.41) is 35.1. The molecule has 3 aliphatic rings. The van der Waals surface area contributed by atoms with Crippen molar-refractivity contribution in [3.63, 3.8) is 0 Å². The van der Waals surface area contributed by atoms with Crippen molar-refractivity contribution in [2.24, 2.45) is 11.8 Å². The van der Waals surface area contributed by atoms with Gasteiger partial charge in [-0.2, -0.15) is 0 Å². The van der Waals surface area contributed by atoms with Crippen molar-refractivity contribution < 1.29 is 48.7 Å². The zero-order valence-corrected chi connectivity index (χ0v) is 29.0. The third-order valence-corrected chi connectivity index (χ3v) is 9.33. The van der Waals surface area contributed by atoms with Gasteiger partial charge in [0, 0.05) is 51.4 Å². The van der Waals surface area contributed by atoms with Crippen LogP contribution in [-0.2, 0) is 28.5 Å². The fraction of sp³-hybridized carbons (Fsp3) is 0.743. The minimum atomic E-state index is -1.30. The van der Waals surface area contributed by atoms with E-state index in [-0.39, 0.29) is 37.4 Å². The largest absolute Gasteiger partial charge is 0.457 e. The molecule has 1 amide bonds. The Morgan fingerprint density at radius 3 is 2.57 bits per heavy atom. The van der Waals surface area contributed by atoms with Crippen molar-refractivity contribution in [1.29, 1.82) is 0 Å². The van der Waals surface area contributed by atoms with Gasteiger partial charge in [-0.3, -0.25) is 9.59 Å². The quantitative estimate of drug-likeness (QED) is 0.0891. The van der Waals surface area contributed by atoms with Crippen LogP contribution in [0.2, 0.25) is 0 Å². The molecule has 12 nitrogen and oxygen atoms in total. The highest BCUT2D eigenvalue weighted by Crippen LogP contribution is 2.37. The molecule has 10 atom stereocenters. The van der Waals surface area contributed by atoms with Crippen molar-refractivity contribution in [1.82, 2.24) is 10.2 Å². The Bertz CT molecular complexity index is 1160. The summed E-state index contributed by atoms with van der Waals surface area (Å²) in [6, 6.07) is 0. The number of hydrogen-bond acceptors (Lipinski definition) is 11. The molecule has 2 saturated heterocycles. The fourth-order valence-corrected chi connectivity index (χ4v) is 6.26. The lowest BCUT2D eigenvalue weighted by Gasteiger charge is -2.37. The first kappa shape index (κ1) is 38.7. The maximum atomic E-state index is 13.2. The summed E-state index contributed by atoms with van der Waals surface area (Å²) < 4.78 is 23.3. The average Bonchev–Trinajstić information content (AvgIpc) is 3.77. The number of nitrogens with one attached hydrogen (secondary N) is 1. The summed E-state index contributed by atoms with van der Waals surface area (Å²) in [5.74, 6) is -1.57. The summed E-state index contributed by atoms with van der Waals surface area (Å²) in [5.41, 5.74) is -1.79. The number of amides is 1. The summed E-state index contributed by atoms with van der Waals surface area (Å²) in [6.07, 6.45) is 5.54. The SMILES string of the molecule is CC[C@H](O)[C@@H](C)[C@H]1O[C@@H]1C[C@@](C)(O)/C=C/C=C(\C)[C@H]1OC(=O)C[C@H](O)CC[C@@](C)(OC(C)=O)[C@@H](OC(=O)N2CCNCC2)/C=C/[C@@H]1C. The first-order chi connectivity index (χ1) is 22.0. The van der Waals surface area contributed by atoms with Crippen LogP contribution in [0.4, 0.5) is 4.79 Å². The molecule has 0 aromatic rings. The number of ether oxygens (including phenoxy) is 4. The fourth-order valence-electron chi connectivity index (χ4n) is 6.26. The molecular formula is C35H56N2O10. The molecule has 3 rings (SSSR count). The molecule has 266 valence electrons. The molecule has 0 aromatic carbocycles. The van der Waals surface area contributed by atoms with Crippen LogP contribution in [0.3, 0.4) is 0 Å². The Morgan fingerprint density at radius 2 is 1.94 bits per heavy atom. The Morgan fingerprint density at radius 1 is 1.26 bits per heavy atom. The van der Waals surface area contributed by atoms with Crippen LogP contribution in [-0.4, -0.2) is 112 Å². The maximum Gasteiger partial charge on any atom is 0.410 e. The number of nitrogens with zero attached hydrogens (tertiary/aromatic N) is 1. The van der Waals surface area contributed by atoms with Gasteiger partial charge in [0.25, 0.3) is 0 Å². The second kappa shape index (κ2) is 17.1. The van der Waals surface area contributed by atoms with E-state index in [2.05, 4.69) is 5.32 Å². The summed E-state index contributed by atoms with van der Waals surface area (Å²) in [6.45, 7) is 14.4. The Labute approximate surface area is 279 Å². The number of allylic oxidation sites excluding steroid dienone is 2. The van der Waals surface area contributed by atoms with Crippen molar-refractivity contribution in [3.05, 3.63) is 36.0 Å². The number of carbonyl (C=O) groups excluding carboxylic acids is 3. The van der Waals surface area contributed by atoms with E-state index >= 15 is 0 Å². The van der Waals surface area contributed by atoms with Gasteiger partial charge in [0.2, 0.25) is 0 Å². The highest BCUT2D eigenvalue weighted by Gasteiger charge is 2.47. The van der Waals surface area contributed by atoms with Gasteiger partial charge >= 0.3 is 18.0 Å². The Balaban J connectivity index is 1.82. The first-order valence-electron chi connectivity index (χ1n) is 16.9. The number of hydrogen-bond donors (Lipinski definition) is 4. The standard InChI is InChI=1S/C35H56N2O10/c1-8-27(40)24(4)32-28(44-32)21-34(6,43)14-9-10-22(2)31-23(3)11-12-29(45-33(42)37-18-16-36-17-19-37)35(7,47-25(5)38)15-13-26(39)20-30(41)46-31/h9-12,14,23-24,26-29,31-32,36,39-40,43H,8,13,15-21H2,1-7H3/b12-11+,14-9+,22-10+/t23-,24+,26+,27-,28+,29-,31+,32+,34-,35+/m0/s1. The topological polar surface area (TPSA) is 167 Å². The Hall–Kier alpha value is -2.77. The number of carbonyl (C=O) groups is 3. The van der Waals surface area contributed by atoms with E-state index in [1.54, 1.807) is 49.1 Å². The van der Waals surface area contributed by atoms with Gasteiger partial charge in [-0.15, -0.1) is 0 Å². The molecule has 12 heteroatoms. The molecular weight excluding hydrogens is 608 g/mol. The smallest absolute Gasteiger partial charge is 0.410 e. The van der Waals surface area contributed by atoms with Crippen LogP contribution >= 0.6 is 0 Å². The molecule has 47 heavy (non-hydrogen) atoms. The van der Waals surface area contributed by atoms with E-state index in [0.717, 1.165) is 0 Å². The van der Waals surface area contributed by atoms with E-state index in [9.17, 15) is 29.7 Å². The zero-order chi connectivity index (χ0) is 34.9. The van der Waals surface area contributed by atoms with Crippen LogP contribution < -0.4 is 5.32 Å². The lowest BCUT2D eigenvalue weighted by atomic mass is 9.88.